The molecule has 2 heterocycles. The van der Waals surface area contributed by atoms with Gasteiger partial charge in [0.2, 0.25) is 5.91 Å². The Hall–Kier alpha value is -1.60. The maximum atomic E-state index is 11.3. The van der Waals surface area contributed by atoms with E-state index in [1.807, 2.05) is 17.0 Å². The highest BCUT2D eigenvalue weighted by Crippen LogP contribution is 2.28. The van der Waals surface area contributed by atoms with Gasteiger partial charge in [-0.3, -0.25) is 9.69 Å². The molecular formula is C18H21Cl2N3O3. The van der Waals surface area contributed by atoms with Crippen molar-refractivity contribution in [3.05, 3.63) is 40.1 Å². The molecule has 1 aromatic heterocycles. The standard InChI is InChI=1S/C18H21Cl2N3O3/c1-13(24)23-6-4-22(5-7-23)8-9-25-12-15-11-18(21-26-15)14-2-3-16(19)17(20)10-14/h2-3,10-11H,4-9,12H2,1H3. The summed E-state index contributed by atoms with van der Waals surface area (Å²) in [6, 6.07) is 7.17. The Balaban J connectivity index is 1.41. The Morgan fingerprint density at radius 2 is 1.96 bits per heavy atom. The van der Waals surface area contributed by atoms with Crippen molar-refractivity contribution in [2.75, 3.05) is 39.3 Å². The SMILES string of the molecule is CC(=O)N1CCN(CCOCc2cc(-c3ccc(Cl)c(Cl)c3)no2)CC1. The quantitative estimate of drug-likeness (QED) is 0.699. The van der Waals surface area contributed by atoms with Crippen LogP contribution in [0.15, 0.2) is 28.8 Å². The average Bonchev–Trinajstić information content (AvgIpc) is 3.10. The molecule has 26 heavy (non-hydrogen) atoms. The fourth-order valence-electron chi connectivity index (χ4n) is 2.83. The van der Waals surface area contributed by atoms with Gasteiger partial charge in [0.1, 0.15) is 12.3 Å². The van der Waals surface area contributed by atoms with Crippen molar-refractivity contribution in [3.8, 4) is 11.3 Å². The van der Waals surface area contributed by atoms with E-state index in [2.05, 4.69) is 10.1 Å². The van der Waals surface area contributed by atoms with Crippen LogP contribution in [0.2, 0.25) is 10.0 Å². The number of carbonyl (C=O) groups excluding carboxylic acids is 1. The molecule has 140 valence electrons. The molecule has 1 aromatic carbocycles. The van der Waals surface area contributed by atoms with Gasteiger partial charge in [-0.25, -0.2) is 0 Å². The second-order valence-corrected chi connectivity index (χ2v) is 7.02. The smallest absolute Gasteiger partial charge is 0.219 e. The van der Waals surface area contributed by atoms with Gasteiger partial charge in [0.15, 0.2) is 5.76 Å². The van der Waals surface area contributed by atoms with Crippen molar-refractivity contribution < 1.29 is 14.1 Å². The zero-order valence-corrected chi connectivity index (χ0v) is 16.1. The van der Waals surface area contributed by atoms with Gasteiger partial charge in [-0.1, -0.05) is 34.4 Å². The van der Waals surface area contributed by atoms with Crippen LogP contribution in [0.5, 0.6) is 0 Å². The molecule has 0 spiro atoms. The molecule has 8 heteroatoms. The summed E-state index contributed by atoms with van der Waals surface area (Å²) in [4.78, 5) is 15.5. The van der Waals surface area contributed by atoms with Crippen molar-refractivity contribution >= 4 is 29.1 Å². The third-order valence-electron chi connectivity index (χ3n) is 4.39. The fourth-order valence-corrected chi connectivity index (χ4v) is 3.12. The van der Waals surface area contributed by atoms with E-state index in [0.29, 0.717) is 34.7 Å². The Morgan fingerprint density at radius 3 is 2.65 bits per heavy atom. The maximum absolute atomic E-state index is 11.3. The molecular weight excluding hydrogens is 377 g/mol. The highest BCUT2D eigenvalue weighted by atomic mass is 35.5. The molecule has 0 atom stereocenters. The van der Waals surface area contributed by atoms with Crippen LogP contribution in [0, 0.1) is 0 Å². The first-order chi connectivity index (χ1) is 12.5. The van der Waals surface area contributed by atoms with Crippen LogP contribution in [0.3, 0.4) is 0 Å². The minimum atomic E-state index is 0.143. The molecule has 0 saturated carbocycles. The van der Waals surface area contributed by atoms with E-state index in [-0.39, 0.29) is 5.91 Å². The number of halogens is 2. The third kappa shape index (κ3) is 4.98. The van der Waals surface area contributed by atoms with Crippen molar-refractivity contribution in [3.63, 3.8) is 0 Å². The lowest BCUT2D eigenvalue weighted by Gasteiger charge is -2.33. The molecule has 1 amide bonds. The van der Waals surface area contributed by atoms with Gasteiger partial charge in [-0.05, 0) is 12.1 Å². The lowest BCUT2D eigenvalue weighted by atomic mass is 10.1. The molecule has 1 saturated heterocycles. The fraction of sp³-hybridized carbons (Fsp3) is 0.444. The van der Waals surface area contributed by atoms with Gasteiger partial charge in [0.05, 0.1) is 16.7 Å². The predicted octanol–water partition coefficient (Wildman–Crippen LogP) is 3.33. The van der Waals surface area contributed by atoms with E-state index in [4.69, 9.17) is 32.5 Å². The predicted molar refractivity (Wildman–Crippen MR) is 100 cm³/mol. The van der Waals surface area contributed by atoms with E-state index < -0.39 is 0 Å². The highest BCUT2D eigenvalue weighted by molar-refractivity contribution is 6.42. The minimum Gasteiger partial charge on any atom is -0.372 e. The molecule has 0 radical (unpaired) electrons. The summed E-state index contributed by atoms with van der Waals surface area (Å²) >= 11 is 12.0. The first-order valence-electron chi connectivity index (χ1n) is 8.49. The molecule has 3 rings (SSSR count). The lowest BCUT2D eigenvalue weighted by Crippen LogP contribution is -2.48. The Labute approximate surface area is 162 Å². The number of ether oxygens (including phenoxy) is 1. The average molecular weight is 398 g/mol. The second kappa shape index (κ2) is 8.86. The lowest BCUT2D eigenvalue weighted by molar-refractivity contribution is -0.130. The number of piperazine rings is 1. The number of aromatic nitrogens is 1. The first-order valence-corrected chi connectivity index (χ1v) is 9.25. The number of amides is 1. The number of carbonyl (C=O) groups is 1. The van der Waals surface area contributed by atoms with Crippen LogP contribution >= 0.6 is 23.2 Å². The van der Waals surface area contributed by atoms with Crippen molar-refractivity contribution in [1.82, 2.24) is 15.0 Å². The summed E-state index contributed by atoms with van der Waals surface area (Å²) in [7, 11) is 0. The first kappa shape index (κ1) is 19.2. The summed E-state index contributed by atoms with van der Waals surface area (Å²) in [5.41, 5.74) is 1.54. The van der Waals surface area contributed by atoms with Gasteiger partial charge in [-0.2, -0.15) is 0 Å². The normalized spacial score (nSPS) is 15.4. The number of hydrogen-bond donors (Lipinski definition) is 0. The van der Waals surface area contributed by atoms with Gasteiger partial charge in [0, 0.05) is 51.3 Å². The van der Waals surface area contributed by atoms with Crippen LogP contribution in [0.25, 0.3) is 11.3 Å². The molecule has 6 nitrogen and oxygen atoms in total. The Kier molecular flexibility index (Phi) is 6.53. The molecule has 0 N–H and O–H groups in total. The Bertz CT molecular complexity index is 758. The van der Waals surface area contributed by atoms with Gasteiger partial charge in [-0.15, -0.1) is 0 Å². The summed E-state index contributed by atoms with van der Waals surface area (Å²) in [5, 5.41) is 5.03. The van der Waals surface area contributed by atoms with Gasteiger partial charge in [0.25, 0.3) is 0 Å². The number of nitrogens with zero attached hydrogens (tertiary/aromatic N) is 3. The summed E-state index contributed by atoms with van der Waals surface area (Å²) < 4.78 is 11.0. The summed E-state index contributed by atoms with van der Waals surface area (Å²) in [5.74, 6) is 0.802. The number of rotatable bonds is 6. The number of benzene rings is 1. The monoisotopic (exact) mass is 397 g/mol. The van der Waals surface area contributed by atoms with Crippen molar-refractivity contribution in [1.29, 1.82) is 0 Å². The summed E-state index contributed by atoms with van der Waals surface area (Å²) in [6.07, 6.45) is 0. The van der Waals surface area contributed by atoms with E-state index in [1.165, 1.54) is 0 Å². The van der Waals surface area contributed by atoms with Gasteiger partial charge >= 0.3 is 0 Å². The minimum absolute atomic E-state index is 0.143. The maximum Gasteiger partial charge on any atom is 0.219 e. The molecule has 1 aliphatic rings. The van der Waals surface area contributed by atoms with Crippen molar-refractivity contribution in [2.24, 2.45) is 0 Å². The van der Waals surface area contributed by atoms with E-state index >= 15 is 0 Å². The third-order valence-corrected chi connectivity index (χ3v) is 5.13. The van der Waals surface area contributed by atoms with E-state index in [1.54, 1.807) is 19.1 Å². The van der Waals surface area contributed by atoms with E-state index in [0.717, 1.165) is 38.3 Å². The zero-order valence-electron chi connectivity index (χ0n) is 14.6. The van der Waals surface area contributed by atoms with Crippen LogP contribution in [-0.4, -0.2) is 60.2 Å². The molecule has 0 unspecified atom stereocenters. The number of hydrogen-bond acceptors (Lipinski definition) is 5. The molecule has 1 fully saturated rings. The zero-order chi connectivity index (χ0) is 18.5. The van der Waals surface area contributed by atoms with Crippen LogP contribution in [0.1, 0.15) is 12.7 Å². The molecule has 0 bridgehead atoms. The summed E-state index contributed by atoms with van der Waals surface area (Å²) in [6.45, 7) is 6.74. The van der Waals surface area contributed by atoms with Gasteiger partial charge < -0.3 is 14.2 Å². The van der Waals surface area contributed by atoms with Crippen LogP contribution in [0.4, 0.5) is 0 Å². The van der Waals surface area contributed by atoms with Crippen LogP contribution < -0.4 is 0 Å². The molecule has 1 aliphatic heterocycles. The second-order valence-electron chi connectivity index (χ2n) is 6.21. The molecule has 2 aromatic rings. The highest BCUT2D eigenvalue weighted by Gasteiger charge is 2.18. The van der Waals surface area contributed by atoms with Crippen molar-refractivity contribution in [2.45, 2.75) is 13.5 Å². The van der Waals surface area contributed by atoms with Crippen LogP contribution in [-0.2, 0) is 16.1 Å². The Morgan fingerprint density at radius 1 is 1.19 bits per heavy atom. The largest absolute Gasteiger partial charge is 0.372 e. The molecule has 0 aliphatic carbocycles. The van der Waals surface area contributed by atoms with E-state index in [9.17, 15) is 4.79 Å². The topological polar surface area (TPSA) is 58.8 Å².